The van der Waals surface area contributed by atoms with E-state index in [1.807, 2.05) is 35.1 Å². The molecule has 1 amide bonds. The predicted molar refractivity (Wildman–Crippen MR) is 101 cm³/mol. The molecule has 1 unspecified atom stereocenters. The summed E-state index contributed by atoms with van der Waals surface area (Å²) in [6.45, 7) is 4.64. The lowest BCUT2D eigenvalue weighted by Gasteiger charge is -2.35. The zero-order chi connectivity index (χ0) is 16.7. The van der Waals surface area contributed by atoms with Gasteiger partial charge in [0.05, 0.1) is 12.1 Å². The van der Waals surface area contributed by atoms with Crippen LogP contribution in [0.2, 0.25) is 0 Å². The third-order valence-corrected chi connectivity index (χ3v) is 5.49. The van der Waals surface area contributed by atoms with Crippen molar-refractivity contribution in [2.75, 3.05) is 24.5 Å². The Hall–Kier alpha value is -1.85. The summed E-state index contributed by atoms with van der Waals surface area (Å²) in [6.07, 6.45) is 4.95. The second-order valence-electron chi connectivity index (χ2n) is 7.06. The summed E-state index contributed by atoms with van der Waals surface area (Å²) in [5.74, 6) is 0.947. The van der Waals surface area contributed by atoms with Crippen LogP contribution in [0, 0.1) is 5.92 Å². The van der Waals surface area contributed by atoms with E-state index in [1.165, 1.54) is 5.56 Å². The molecule has 0 radical (unpaired) electrons. The molecule has 2 aliphatic heterocycles. The first-order chi connectivity index (χ1) is 11.6. The summed E-state index contributed by atoms with van der Waals surface area (Å²) in [4.78, 5) is 15.3. The number of fused-ring (bicyclic) bond motifs is 1. The van der Waals surface area contributed by atoms with Crippen molar-refractivity contribution in [2.45, 2.75) is 25.2 Å². The molecule has 5 nitrogen and oxygen atoms in total. The maximum atomic E-state index is 13.3. The van der Waals surface area contributed by atoms with Crippen molar-refractivity contribution in [1.29, 1.82) is 0 Å². The summed E-state index contributed by atoms with van der Waals surface area (Å²) in [5, 5.41) is 7.68. The first-order valence-electron chi connectivity index (χ1n) is 8.74. The molecule has 0 bridgehead atoms. The number of hydrogen-bond donors (Lipinski definition) is 1. The average Bonchev–Trinajstić information content (AvgIpc) is 3.23. The number of anilines is 1. The molecule has 1 fully saturated rings. The van der Waals surface area contributed by atoms with Gasteiger partial charge in [0.1, 0.15) is 0 Å². The molecular formula is C19H25ClN4O. The number of carbonyl (C=O) groups excluding carboxylic acids is 1. The van der Waals surface area contributed by atoms with E-state index in [2.05, 4.69) is 35.5 Å². The first-order valence-corrected chi connectivity index (χ1v) is 8.74. The van der Waals surface area contributed by atoms with E-state index in [0.717, 1.165) is 37.3 Å². The van der Waals surface area contributed by atoms with E-state index in [1.54, 1.807) is 0 Å². The molecule has 0 aliphatic carbocycles. The van der Waals surface area contributed by atoms with Gasteiger partial charge in [0.25, 0.3) is 0 Å². The highest BCUT2D eigenvalue weighted by molar-refractivity contribution is 5.97. The van der Waals surface area contributed by atoms with Crippen molar-refractivity contribution in [2.24, 2.45) is 13.0 Å². The van der Waals surface area contributed by atoms with Crippen LogP contribution >= 0.6 is 12.4 Å². The Kier molecular flexibility index (Phi) is 5.16. The van der Waals surface area contributed by atoms with E-state index in [-0.39, 0.29) is 30.2 Å². The number of para-hydroxylation sites is 1. The van der Waals surface area contributed by atoms with Gasteiger partial charge in [-0.05, 0) is 29.5 Å². The van der Waals surface area contributed by atoms with E-state index in [4.69, 9.17) is 0 Å². The molecule has 134 valence electrons. The number of aromatic nitrogens is 2. The second-order valence-corrected chi connectivity index (χ2v) is 7.06. The topological polar surface area (TPSA) is 50.2 Å². The number of nitrogens with zero attached hydrogens (tertiary/aromatic N) is 3. The fourth-order valence-corrected chi connectivity index (χ4v) is 4.10. The molecule has 1 aromatic carbocycles. The van der Waals surface area contributed by atoms with Gasteiger partial charge in [-0.3, -0.25) is 9.48 Å². The van der Waals surface area contributed by atoms with Gasteiger partial charge in [0, 0.05) is 44.5 Å². The van der Waals surface area contributed by atoms with Crippen LogP contribution in [0.5, 0.6) is 0 Å². The molecule has 3 heterocycles. The minimum atomic E-state index is -0.0179. The lowest BCUT2D eigenvalue weighted by Crippen LogP contribution is -2.42. The molecule has 2 aliphatic rings. The highest BCUT2D eigenvalue weighted by Gasteiger charge is 2.39. The van der Waals surface area contributed by atoms with Gasteiger partial charge in [-0.2, -0.15) is 5.10 Å². The number of aryl methyl sites for hydroxylation is 1. The Morgan fingerprint density at radius 1 is 1.28 bits per heavy atom. The van der Waals surface area contributed by atoms with Crippen LogP contribution in [0.4, 0.5) is 5.69 Å². The Balaban J connectivity index is 0.00000182. The highest BCUT2D eigenvalue weighted by Crippen LogP contribution is 2.37. The molecule has 1 saturated heterocycles. The molecule has 1 N–H and O–H groups in total. The summed E-state index contributed by atoms with van der Waals surface area (Å²) >= 11 is 0. The van der Waals surface area contributed by atoms with Crippen LogP contribution in [0.15, 0.2) is 36.7 Å². The van der Waals surface area contributed by atoms with Gasteiger partial charge in [0.15, 0.2) is 0 Å². The van der Waals surface area contributed by atoms with Crippen molar-refractivity contribution in [3.05, 3.63) is 47.8 Å². The van der Waals surface area contributed by atoms with Crippen LogP contribution in [0.3, 0.4) is 0 Å². The first kappa shape index (κ1) is 18.0. The average molecular weight is 361 g/mol. The van der Waals surface area contributed by atoms with E-state index < -0.39 is 0 Å². The molecule has 0 spiro atoms. The van der Waals surface area contributed by atoms with Gasteiger partial charge in [-0.1, -0.05) is 25.1 Å². The molecule has 0 saturated carbocycles. The fraction of sp³-hybridized carbons (Fsp3) is 0.474. The maximum absolute atomic E-state index is 13.3. The van der Waals surface area contributed by atoms with Crippen LogP contribution in [-0.2, 0) is 11.8 Å². The highest BCUT2D eigenvalue weighted by atomic mass is 35.5. The minimum absolute atomic E-state index is 0. The Bertz CT molecular complexity index is 759. The van der Waals surface area contributed by atoms with Crippen molar-refractivity contribution in [3.8, 4) is 0 Å². The molecule has 4 rings (SSSR count). The van der Waals surface area contributed by atoms with Crippen molar-refractivity contribution in [3.63, 3.8) is 0 Å². The molecular weight excluding hydrogens is 336 g/mol. The third kappa shape index (κ3) is 3.18. The van der Waals surface area contributed by atoms with Crippen LogP contribution < -0.4 is 10.2 Å². The van der Waals surface area contributed by atoms with Crippen molar-refractivity contribution in [1.82, 2.24) is 15.1 Å². The Labute approximate surface area is 154 Å². The van der Waals surface area contributed by atoms with Crippen molar-refractivity contribution < 1.29 is 4.79 Å². The summed E-state index contributed by atoms with van der Waals surface area (Å²) < 4.78 is 1.81. The van der Waals surface area contributed by atoms with Gasteiger partial charge < -0.3 is 10.2 Å². The van der Waals surface area contributed by atoms with Gasteiger partial charge in [0.2, 0.25) is 5.91 Å². The normalized spacial score (nSPS) is 25.4. The predicted octanol–water partition coefficient (Wildman–Crippen LogP) is 2.69. The summed E-state index contributed by atoms with van der Waals surface area (Å²) in [7, 11) is 1.92. The molecule has 6 heteroatoms. The number of carbonyl (C=O) groups is 1. The lowest BCUT2D eigenvalue weighted by molar-refractivity contribution is -0.122. The second kappa shape index (κ2) is 7.18. The quantitative estimate of drug-likeness (QED) is 0.895. The zero-order valence-corrected chi connectivity index (χ0v) is 15.5. The lowest BCUT2D eigenvalue weighted by atomic mass is 9.87. The standard InChI is InChI=1S/C19H24N4O.ClH/c1-13-7-8-23(18-6-4-3-5-15(13)18)19(24)17-11-20-10-16(17)14-9-21-22(2)12-14;/h3-6,9,12-13,16-17,20H,7-8,10-11H2,1-2H3;1H/t13?,16-,17+;/m1./s1. The molecule has 25 heavy (non-hydrogen) atoms. The number of rotatable bonds is 2. The fourth-order valence-electron chi connectivity index (χ4n) is 4.10. The minimum Gasteiger partial charge on any atom is -0.315 e. The van der Waals surface area contributed by atoms with Crippen LogP contribution in [0.25, 0.3) is 0 Å². The van der Waals surface area contributed by atoms with Gasteiger partial charge in [-0.15, -0.1) is 12.4 Å². The Morgan fingerprint density at radius 2 is 2.08 bits per heavy atom. The zero-order valence-electron chi connectivity index (χ0n) is 14.7. The Morgan fingerprint density at radius 3 is 2.84 bits per heavy atom. The number of amides is 1. The van der Waals surface area contributed by atoms with Gasteiger partial charge >= 0.3 is 0 Å². The number of nitrogens with one attached hydrogen (secondary N) is 1. The van der Waals surface area contributed by atoms with E-state index >= 15 is 0 Å². The maximum Gasteiger partial charge on any atom is 0.232 e. The molecule has 2 aromatic rings. The largest absolute Gasteiger partial charge is 0.315 e. The summed E-state index contributed by atoms with van der Waals surface area (Å²) in [5.41, 5.74) is 3.54. The van der Waals surface area contributed by atoms with E-state index in [0.29, 0.717) is 5.92 Å². The van der Waals surface area contributed by atoms with Gasteiger partial charge in [-0.25, -0.2) is 0 Å². The smallest absolute Gasteiger partial charge is 0.232 e. The summed E-state index contributed by atoms with van der Waals surface area (Å²) in [6, 6.07) is 8.34. The third-order valence-electron chi connectivity index (χ3n) is 5.49. The SMILES string of the molecule is CC1CCN(C(=O)[C@H]2CNC[C@@H]2c2cnn(C)c2)c2ccccc21.Cl. The number of hydrogen-bond acceptors (Lipinski definition) is 3. The van der Waals surface area contributed by atoms with Crippen LogP contribution in [-0.4, -0.2) is 35.3 Å². The van der Waals surface area contributed by atoms with Crippen LogP contribution in [0.1, 0.15) is 36.3 Å². The molecule has 3 atom stereocenters. The number of halogens is 1. The number of benzene rings is 1. The van der Waals surface area contributed by atoms with Crippen molar-refractivity contribution >= 4 is 24.0 Å². The monoisotopic (exact) mass is 360 g/mol. The van der Waals surface area contributed by atoms with E-state index in [9.17, 15) is 4.79 Å². The molecule has 1 aromatic heterocycles.